The van der Waals surface area contributed by atoms with Crippen LogP contribution in [0.3, 0.4) is 0 Å². The van der Waals surface area contributed by atoms with E-state index >= 15 is 0 Å². The van der Waals surface area contributed by atoms with Gasteiger partial charge in [-0.3, -0.25) is 9.23 Å². The number of nitrogens with zero attached hydrogens (tertiary/aromatic N) is 2. The summed E-state index contributed by atoms with van der Waals surface area (Å²) in [6.07, 6.45) is 0.117. The molecule has 0 spiro atoms. The summed E-state index contributed by atoms with van der Waals surface area (Å²) < 4.78 is 37.4. The van der Waals surface area contributed by atoms with Crippen LogP contribution in [0.15, 0.2) is 53.4 Å². The highest BCUT2D eigenvalue weighted by atomic mass is 32.2. The molecule has 2 aromatic carbocycles. The molecule has 2 N–H and O–H groups in total. The van der Waals surface area contributed by atoms with Gasteiger partial charge >= 0.3 is 0 Å². The average Bonchev–Trinajstić information content (AvgIpc) is 3.02. The van der Waals surface area contributed by atoms with E-state index in [4.69, 9.17) is 9.29 Å². The highest BCUT2D eigenvalue weighted by Crippen LogP contribution is 2.29. The van der Waals surface area contributed by atoms with Gasteiger partial charge in [-0.2, -0.15) is 13.5 Å². The highest BCUT2D eigenvalue weighted by molar-refractivity contribution is 7.85. The molecule has 0 saturated carbocycles. The first-order valence-electron chi connectivity index (χ1n) is 8.66. The molecule has 1 aliphatic heterocycles. The zero-order valence-corrected chi connectivity index (χ0v) is 16.1. The van der Waals surface area contributed by atoms with Crippen LogP contribution in [0.4, 0.5) is 0 Å². The van der Waals surface area contributed by atoms with Crippen molar-refractivity contribution in [1.29, 1.82) is 0 Å². The number of aryl methyl sites for hydroxylation is 1. The summed E-state index contributed by atoms with van der Waals surface area (Å²) in [7, 11) is -2.07. The largest absolute Gasteiger partial charge is 0.369 e. The summed E-state index contributed by atoms with van der Waals surface area (Å²) in [5.74, 6) is 0. The molecule has 0 amide bonds. The van der Waals surface area contributed by atoms with Crippen molar-refractivity contribution in [3.05, 3.63) is 59.8 Å². The Bertz CT molecular complexity index is 1010. The van der Waals surface area contributed by atoms with Crippen molar-refractivity contribution in [2.45, 2.75) is 24.5 Å². The van der Waals surface area contributed by atoms with Crippen LogP contribution in [-0.4, -0.2) is 43.0 Å². The maximum absolute atomic E-state index is 10.5. The number of likely N-dealkylation sites (N-methyl/N-ethyl adjacent to an activating group) is 1. The number of rotatable bonds is 3. The number of benzene rings is 2. The molecule has 0 radical (unpaired) electrons. The van der Waals surface area contributed by atoms with E-state index in [2.05, 4.69) is 33.3 Å². The molecule has 1 aliphatic rings. The van der Waals surface area contributed by atoms with Gasteiger partial charge in [0.1, 0.15) is 6.10 Å². The predicted molar refractivity (Wildman–Crippen MR) is 103 cm³/mol. The van der Waals surface area contributed by atoms with Crippen molar-refractivity contribution in [3.8, 4) is 0 Å². The Kier molecular flexibility index (Phi) is 5.91. The number of ether oxygens (including phenoxy) is 1. The topological polar surface area (TPSA) is 93.5 Å². The lowest BCUT2D eigenvalue weighted by molar-refractivity contribution is 0.0195. The lowest BCUT2D eigenvalue weighted by Gasteiger charge is -2.24. The van der Waals surface area contributed by atoms with Gasteiger partial charge in [0.05, 0.1) is 29.3 Å². The van der Waals surface area contributed by atoms with E-state index in [0.29, 0.717) is 0 Å². The Morgan fingerprint density at radius 1 is 1.22 bits per heavy atom. The number of aromatic nitrogens is 2. The molecule has 2 heterocycles. The van der Waals surface area contributed by atoms with Gasteiger partial charge in [0.15, 0.2) is 0 Å². The average molecular weight is 389 g/mol. The van der Waals surface area contributed by atoms with E-state index < -0.39 is 10.1 Å². The zero-order chi connectivity index (χ0) is 19.4. The number of fused-ring (bicyclic) bond motifs is 3. The molecule has 7 nitrogen and oxygen atoms in total. The van der Waals surface area contributed by atoms with Crippen LogP contribution in [0.2, 0.25) is 0 Å². The second-order valence-electron chi connectivity index (χ2n) is 6.33. The smallest absolute Gasteiger partial charge is 0.294 e. The molecule has 0 bridgehead atoms. The summed E-state index contributed by atoms with van der Waals surface area (Å²) in [5.41, 5.74) is 3.22. The minimum atomic E-state index is -4.02. The van der Waals surface area contributed by atoms with Crippen molar-refractivity contribution < 1.29 is 17.7 Å². The standard InChI is InChI=1S/C12H15N3O.C7H8O3S/c1-13-8-11-12-9-4-2-3-5-10(9)14-15(12)6-7-16-11;1-6-2-4-7(5-3-6)11(8,9)10/h2-5,11,13H,6-8H2,1H3;2-5H,1H3,(H,8,9,10)/t11-;/m1./s1. The maximum atomic E-state index is 10.5. The van der Waals surface area contributed by atoms with Gasteiger partial charge < -0.3 is 10.1 Å². The number of hydrogen-bond acceptors (Lipinski definition) is 5. The quantitative estimate of drug-likeness (QED) is 0.669. The van der Waals surface area contributed by atoms with Crippen LogP contribution in [-0.2, 0) is 21.4 Å². The van der Waals surface area contributed by atoms with Crippen molar-refractivity contribution in [1.82, 2.24) is 15.1 Å². The van der Waals surface area contributed by atoms with Crippen LogP contribution in [0.5, 0.6) is 0 Å². The fraction of sp³-hybridized carbons (Fsp3) is 0.316. The molecular formula is C19H23N3O4S. The molecule has 1 atom stereocenters. The van der Waals surface area contributed by atoms with Gasteiger partial charge in [0.2, 0.25) is 0 Å². The molecule has 0 fully saturated rings. The van der Waals surface area contributed by atoms with E-state index in [1.165, 1.54) is 23.2 Å². The summed E-state index contributed by atoms with van der Waals surface area (Å²) in [6.45, 7) is 4.26. The van der Waals surface area contributed by atoms with Gasteiger partial charge in [-0.1, -0.05) is 35.9 Å². The molecule has 27 heavy (non-hydrogen) atoms. The summed E-state index contributed by atoms with van der Waals surface area (Å²) in [4.78, 5) is -0.0666. The van der Waals surface area contributed by atoms with Crippen molar-refractivity contribution in [2.75, 3.05) is 20.2 Å². The summed E-state index contributed by atoms with van der Waals surface area (Å²) in [5, 5.41) is 8.97. The Balaban J connectivity index is 0.000000168. The third-order valence-corrected chi connectivity index (χ3v) is 5.19. The molecule has 0 aliphatic carbocycles. The predicted octanol–water partition coefficient (Wildman–Crippen LogP) is 2.57. The molecule has 1 aromatic heterocycles. The van der Waals surface area contributed by atoms with Crippen LogP contribution in [0.1, 0.15) is 17.4 Å². The Labute approximate surface area is 158 Å². The second kappa shape index (κ2) is 8.18. The molecule has 0 saturated heterocycles. The van der Waals surface area contributed by atoms with Gasteiger partial charge in [-0.05, 0) is 32.2 Å². The van der Waals surface area contributed by atoms with Crippen LogP contribution in [0.25, 0.3) is 10.9 Å². The highest BCUT2D eigenvalue weighted by Gasteiger charge is 2.24. The summed E-state index contributed by atoms with van der Waals surface area (Å²) in [6, 6.07) is 14.2. The van der Waals surface area contributed by atoms with Crippen LogP contribution in [0, 0.1) is 6.92 Å². The first-order valence-corrected chi connectivity index (χ1v) is 10.1. The van der Waals surface area contributed by atoms with E-state index in [-0.39, 0.29) is 11.0 Å². The SMILES string of the molecule is CNC[C@H]1OCCn2nc3ccccc3c21.Cc1ccc(S(=O)(=O)O)cc1. The van der Waals surface area contributed by atoms with Gasteiger partial charge in [-0.25, -0.2) is 0 Å². The number of nitrogens with one attached hydrogen (secondary N) is 1. The first kappa shape index (κ1) is 19.5. The summed E-state index contributed by atoms with van der Waals surface area (Å²) >= 11 is 0. The monoisotopic (exact) mass is 389 g/mol. The first-order chi connectivity index (χ1) is 12.9. The molecule has 4 rings (SSSR count). The third kappa shape index (κ3) is 4.54. The fourth-order valence-electron chi connectivity index (χ4n) is 3.02. The van der Waals surface area contributed by atoms with Gasteiger partial charge in [0, 0.05) is 11.9 Å². The second-order valence-corrected chi connectivity index (χ2v) is 7.75. The third-order valence-electron chi connectivity index (χ3n) is 4.32. The maximum Gasteiger partial charge on any atom is 0.294 e. The van der Waals surface area contributed by atoms with E-state index in [1.807, 2.05) is 20.0 Å². The van der Waals surface area contributed by atoms with Crippen LogP contribution < -0.4 is 5.32 Å². The lowest BCUT2D eigenvalue weighted by Crippen LogP contribution is -2.28. The van der Waals surface area contributed by atoms with Gasteiger partial charge in [-0.15, -0.1) is 0 Å². The minimum absolute atomic E-state index is 0.0666. The van der Waals surface area contributed by atoms with E-state index in [0.717, 1.165) is 30.8 Å². The molecular weight excluding hydrogens is 366 g/mol. The van der Waals surface area contributed by atoms with E-state index in [1.54, 1.807) is 12.1 Å². The lowest BCUT2D eigenvalue weighted by atomic mass is 10.1. The Morgan fingerprint density at radius 2 is 1.93 bits per heavy atom. The molecule has 144 valence electrons. The minimum Gasteiger partial charge on any atom is -0.369 e. The number of hydrogen-bond donors (Lipinski definition) is 2. The molecule has 8 heteroatoms. The zero-order valence-electron chi connectivity index (χ0n) is 15.3. The molecule has 0 unspecified atom stereocenters. The Hall–Kier alpha value is -2.26. The van der Waals surface area contributed by atoms with Crippen molar-refractivity contribution in [2.24, 2.45) is 0 Å². The van der Waals surface area contributed by atoms with Gasteiger partial charge in [0.25, 0.3) is 10.1 Å². The van der Waals surface area contributed by atoms with Crippen LogP contribution >= 0.6 is 0 Å². The van der Waals surface area contributed by atoms with Crippen molar-refractivity contribution in [3.63, 3.8) is 0 Å². The van der Waals surface area contributed by atoms with E-state index in [9.17, 15) is 8.42 Å². The normalized spacial score (nSPS) is 16.5. The fourth-order valence-corrected chi connectivity index (χ4v) is 3.50. The van der Waals surface area contributed by atoms with Crippen molar-refractivity contribution >= 4 is 21.0 Å². The molecule has 3 aromatic rings. The Morgan fingerprint density at radius 3 is 2.59 bits per heavy atom.